The first-order chi connectivity index (χ1) is 20.0. The molecule has 0 spiro atoms. The van der Waals surface area contributed by atoms with Crippen LogP contribution in [0.15, 0.2) is 54.9 Å². The number of nitrogens with one attached hydrogen (secondary N) is 1. The van der Waals surface area contributed by atoms with Crippen molar-refractivity contribution in [3.8, 4) is 17.1 Å². The minimum Gasteiger partial charge on any atom is -0.493 e. The Bertz CT molecular complexity index is 1540. The topological polar surface area (TPSA) is 108 Å². The summed E-state index contributed by atoms with van der Waals surface area (Å²) in [7, 11) is 2.08. The van der Waals surface area contributed by atoms with Crippen molar-refractivity contribution in [2.45, 2.75) is 25.7 Å². The van der Waals surface area contributed by atoms with Crippen molar-refractivity contribution in [2.75, 3.05) is 52.9 Å². The third-order valence-corrected chi connectivity index (χ3v) is 7.78. The number of likely N-dealkylation sites (N-methyl/N-ethyl adjacent to an activating group) is 1. The molecule has 0 unspecified atom stereocenters. The maximum atomic E-state index is 13.0. The van der Waals surface area contributed by atoms with Crippen LogP contribution in [0, 0.1) is 0 Å². The van der Waals surface area contributed by atoms with Gasteiger partial charge in [0.1, 0.15) is 17.3 Å². The van der Waals surface area contributed by atoms with Crippen LogP contribution in [0.25, 0.3) is 22.3 Å². The first-order valence-corrected chi connectivity index (χ1v) is 14.3. The molecule has 3 aromatic heterocycles. The lowest BCUT2D eigenvalue weighted by molar-refractivity contribution is -0.127. The Balaban J connectivity index is 1.09. The SMILES string of the molecule is CN1CCN(C(=O)c2cc3cc(Cc4nccc(-c5cc(OCCCN6CCCC6=O)ccn5)n4)ccc3[nH]2)CC1. The summed E-state index contributed by atoms with van der Waals surface area (Å²) in [6, 6.07) is 13.7. The number of H-pyrrole nitrogens is 1. The Hall–Kier alpha value is -4.31. The largest absolute Gasteiger partial charge is 0.493 e. The molecular weight excluding hydrogens is 518 g/mol. The zero-order chi connectivity index (χ0) is 28.2. The van der Waals surface area contributed by atoms with E-state index in [1.54, 1.807) is 12.4 Å². The van der Waals surface area contributed by atoms with Crippen molar-refractivity contribution in [2.24, 2.45) is 0 Å². The van der Waals surface area contributed by atoms with Gasteiger partial charge in [-0.05, 0) is 55.8 Å². The number of aromatic nitrogens is 4. The molecule has 0 aliphatic carbocycles. The second-order valence-corrected chi connectivity index (χ2v) is 10.8. The van der Waals surface area contributed by atoms with E-state index in [0.29, 0.717) is 36.7 Å². The van der Waals surface area contributed by atoms with Gasteiger partial charge < -0.3 is 24.4 Å². The first kappa shape index (κ1) is 26.9. The van der Waals surface area contributed by atoms with Crippen LogP contribution >= 0.6 is 0 Å². The molecule has 4 aromatic rings. The molecule has 2 fully saturated rings. The molecule has 10 heteroatoms. The van der Waals surface area contributed by atoms with Crippen molar-refractivity contribution in [1.29, 1.82) is 0 Å². The van der Waals surface area contributed by atoms with Gasteiger partial charge in [0.25, 0.3) is 5.91 Å². The number of likely N-dealkylation sites (tertiary alicyclic amines) is 1. The minimum atomic E-state index is 0.0484. The summed E-state index contributed by atoms with van der Waals surface area (Å²) in [6.45, 7) is 5.39. The van der Waals surface area contributed by atoms with E-state index in [9.17, 15) is 9.59 Å². The molecule has 10 nitrogen and oxygen atoms in total. The molecular formula is C31H35N7O3. The molecule has 2 aliphatic heterocycles. The Morgan fingerprint density at radius 2 is 1.83 bits per heavy atom. The number of hydrogen-bond acceptors (Lipinski definition) is 7. The number of rotatable bonds is 9. The molecule has 2 amide bonds. The molecule has 212 valence electrons. The Morgan fingerprint density at radius 1 is 0.976 bits per heavy atom. The number of carbonyl (C=O) groups excluding carboxylic acids is 2. The van der Waals surface area contributed by atoms with Crippen molar-refractivity contribution >= 4 is 22.7 Å². The number of aromatic amines is 1. The highest BCUT2D eigenvalue weighted by Gasteiger charge is 2.22. The lowest BCUT2D eigenvalue weighted by atomic mass is 10.1. The molecule has 0 bridgehead atoms. The van der Waals surface area contributed by atoms with Crippen LogP contribution in [0.2, 0.25) is 0 Å². The van der Waals surface area contributed by atoms with Crippen LogP contribution in [-0.4, -0.2) is 99.4 Å². The molecule has 5 heterocycles. The van der Waals surface area contributed by atoms with Gasteiger partial charge in [0, 0.05) is 81.5 Å². The number of fused-ring (bicyclic) bond motifs is 1. The van der Waals surface area contributed by atoms with E-state index in [2.05, 4.69) is 33.0 Å². The number of ether oxygens (including phenoxy) is 1. The van der Waals surface area contributed by atoms with Crippen LogP contribution in [0.3, 0.4) is 0 Å². The van der Waals surface area contributed by atoms with Crippen molar-refractivity contribution in [3.63, 3.8) is 0 Å². The van der Waals surface area contributed by atoms with Gasteiger partial charge >= 0.3 is 0 Å². The van der Waals surface area contributed by atoms with E-state index in [-0.39, 0.29) is 11.8 Å². The highest BCUT2D eigenvalue weighted by atomic mass is 16.5. The van der Waals surface area contributed by atoms with Crippen molar-refractivity contribution < 1.29 is 14.3 Å². The third kappa shape index (κ3) is 6.38. The molecule has 0 saturated carbocycles. The summed E-state index contributed by atoms with van der Waals surface area (Å²) in [5, 5.41) is 0.997. The highest BCUT2D eigenvalue weighted by Crippen LogP contribution is 2.23. The van der Waals surface area contributed by atoms with Gasteiger partial charge in [-0.2, -0.15) is 0 Å². The molecule has 6 rings (SSSR count). The van der Waals surface area contributed by atoms with Gasteiger partial charge in [-0.15, -0.1) is 0 Å². The van der Waals surface area contributed by atoms with Crippen LogP contribution in [-0.2, 0) is 11.2 Å². The monoisotopic (exact) mass is 553 g/mol. The molecule has 0 atom stereocenters. The second kappa shape index (κ2) is 12.1. The van der Waals surface area contributed by atoms with Crippen molar-refractivity contribution in [1.82, 2.24) is 34.6 Å². The fraction of sp³-hybridized carbons (Fsp3) is 0.387. The van der Waals surface area contributed by atoms with E-state index in [4.69, 9.17) is 9.72 Å². The number of hydrogen-bond donors (Lipinski definition) is 1. The standard InChI is InChI=1S/C31H35N7O3/c1-36-13-15-38(16-14-36)31(40)28-20-23-18-22(5-6-25(23)34-28)19-29-33-10-8-26(35-29)27-21-24(7-9-32-27)41-17-3-12-37-11-2-4-30(37)39/h5-10,18,20-21,34H,2-4,11-17,19H2,1H3. The Labute approximate surface area is 239 Å². The van der Waals surface area contributed by atoms with E-state index in [0.717, 1.165) is 80.0 Å². The van der Waals surface area contributed by atoms with Crippen LogP contribution in [0.5, 0.6) is 5.75 Å². The van der Waals surface area contributed by atoms with Crippen LogP contribution in [0.4, 0.5) is 0 Å². The first-order valence-electron chi connectivity index (χ1n) is 14.3. The lowest BCUT2D eigenvalue weighted by Crippen LogP contribution is -2.47. The van der Waals surface area contributed by atoms with Gasteiger partial charge in [0.15, 0.2) is 0 Å². The summed E-state index contributed by atoms with van der Waals surface area (Å²) in [5.74, 6) is 1.70. The molecule has 0 radical (unpaired) electrons. The van der Waals surface area contributed by atoms with Gasteiger partial charge in [0.2, 0.25) is 5.91 Å². The fourth-order valence-corrected chi connectivity index (χ4v) is 5.42. The quantitative estimate of drug-likeness (QED) is 0.317. The third-order valence-electron chi connectivity index (χ3n) is 7.78. The summed E-state index contributed by atoms with van der Waals surface area (Å²) >= 11 is 0. The number of pyridine rings is 1. The zero-order valence-corrected chi connectivity index (χ0v) is 23.4. The smallest absolute Gasteiger partial charge is 0.270 e. The predicted molar refractivity (Wildman–Crippen MR) is 156 cm³/mol. The average molecular weight is 554 g/mol. The van der Waals surface area contributed by atoms with Crippen LogP contribution < -0.4 is 4.74 Å². The Morgan fingerprint density at radius 3 is 2.66 bits per heavy atom. The minimum absolute atomic E-state index is 0.0484. The number of benzene rings is 1. The summed E-state index contributed by atoms with van der Waals surface area (Å²) in [4.78, 5) is 47.9. The molecule has 1 N–H and O–H groups in total. The molecule has 41 heavy (non-hydrogen) atoms. The highest BCUT2D eigenvalue weighted by molar-refractivity contribution is 5.98. The van der Waals surface area contributed by atoms with Gasteiger partial charge in [-0.25, -0.2) is 9.97 Å². The summed E-state index contributed by atoms with van der Waals surface area (Å²) in [5.41, 5.74) is 4.07. The van der Waals surface area contributed by atoms with E-state index in [1.807, 2.05) is 46.2 Å². The van der Waals surface area contributed by atoms with Crippen molar-refractivity contribution in [3.05, 3.63) is 71.9 Å². The number of carbonyl (C=O) groups is 2. The predicted octanol–water partition coefficient (Wildman–Crippen LogP) is 3.39. The maximum absolute atomic E-state index is 13.0. The number of nitrogens with zero attached hydrogens (tertiary/aromatic N) is 6. The molecule has 1 aromatic carbocycles. The fourth-order valence-electron chi connectivity index (χ4n) is 5.42. The van der Waals surface area contributed by atoms with Gasteiger partial charge in [-0.3, -0.25) is 14.6 Å². The molecule has 2 aliphatic rings. The number of piperazine rings is 1. The summed E-state index contributed by atoms with van der Waals surface area (Å²) in [6.07, 6.45) is 6.43. The zero-order valence-electron chi connectivity index (χ0n) is 23.4. The van der Waals surface area contributed by atoms with Gasteiger partial charge in [-0.1, -0.05) is 6.07 Å². The van der Waals surface area contributed by atoms with E-state index >= 15 is 0 Å². The van der Waals surface area contributed by atoms with E-state index in [1.165, 1.54) is 0 Å². The van der Waals surface area contributed by atoms with Gasteiger partial charge in [0.05, 0.1) is 18.0 Å². The lowest BCUT2D eigenvalue weighted by Gasteiger charge is -2.32. The van der Waals surface area contributed by atoms with Crippen LogP contribution in [0.1, 0.15) is 41.1 Å². The normalized spacial score (nSPS) is 16.1. The number of amides is 2. The second-order valence-electron chi connectivity index (χ2n) is 10.8. The van der Waals surface area contributed by atoms with E-state index < -0.39 is 0 Å². The summed E-state index contributed by atoms with van der Waals surface area (Å²) < 4.78 is 5.94. The molecule has 2 saturated heterocycles. The average Bonchev–Trinajstić information content (AvgIpc) is 3.61. The maximum Gasteiger partial charge on any atom is 0.270 e. The Kier molecular flexibility index (Phi) is 7.91.